The Balaban J connectivity index is 2.18. The van der Waals surface area contributed by atoms with Gasteiger partial charge in [-0.15, -0.1) is 0 Å². The van der Waals surface area contributed by atoms with Crippen LogP contribution in [0.5, 0.6) is 5.75 Å². The summed E-state index contributed by atoms with van der Waals surface area (Å²) < 4.78 is 9.97. The molecule has 0 N–H and O–H groups in total. The normalized spacial score (nSPS) is 14.7. The third kappa shape index (κ3) is 2.14. The molecule has 0 fully saturated rings. The lowest BCUT2D eigenvalue weighted by Gasteiger charge is -2.05. The van der Waals surface area contributed by atoms with E-state index in [-0.39, 0.29) is 5.97 Å². The molecule has 0 aromatic heterocycles. The minimum Gasteiger partial charge on any atom is -0.497 e. The third-order valence-corrected chi connectivity index (χ3v) is 2.40. The maximum Gasteiger partial charge on any atom is 0.336 e. The maximum atomic E-state index is 11.0. The Hall–Kier alpha value is -2.03. The summed E-state index contributed by atoms with van der Waals surface area (Å²) in [6.45, 7) is 3.68. The number of esters is 1. The van der Waals surface area contributed by atoms with Crippen LogP contribution in [0.1, 0.15) is 5.56 Å². The Morgan fingerprint density at radius 3 is 2.88 bits per heavy atom. The Labute approximate surface area is 94.0 Å². The van der Waals surface area contributed by atoms with Crippen molar-refractivity contribution in [3.63, 3.8) is 0 Å². The fraction of sp³-hybridized carbons (Fsp3) is 0.154. The van der Waals surface area contributed by atoms with Gasteiger partial charge in [-0.2, -0.15) is 0 Å². The molecule has 3 heteroatoms. The van der Waals surface area contributed by atoms with Crippen LogP contribution >= 0.6 is 0 Å². The highest BCUT2D eigenvalue weighted by atomic mass is 16.5. The number of allylic oxidation sites excluding steroid dienone is 1. The molecule has 1 aromatic carbocycles. The SMILES string of the molecule is C=C1OC(=O)C=C1Cc1cccc(OC)c1. The van der Waals surface area contributed by atoms with E-state index in [0.717, 1.165) is 16.9 Å². The van der Waals surface area contributed by atoms with Gasteiger partial charge >= 0.3 is 5.97 Å². The standard InChI is InChI=1S/C13H12O3/c1-9-11(8-13(14)16-9)6-10-4-3-5-12(7-10)15-2/h3-5,7-8H,1,6H2,2H3. The van der Waals surface area contributed by atoms with Crippen molar-refractivity contribution in [2.75, 3.05) is 7.11 Å². The summed E-state index contributed by atoms with van der Waals surface area (Å²) in [7, 11) is 1.62. The molecule has 3 nitrogen and oxygen atoms in total. The van der Waals surface area contributed by atoms with Crippen LogP contribution in [0, 0.1) is 0 Å². The number of benzene rings is 1. The average Bonchev–Trinajstić information content (AvgIpc) is 2.58. The second-order valence-electron chi connectivity index (χ2n) is 3.54. The summed E-state index contributed by atoms with van der Waals surface area (Å²) in [6.07, 6.45) is 2.10. The zero-order valence-electron chi connectivity index (χ0n) is 9.03. The number of ether oxygens (including phenoxy) is 2. The smallest absolute Gasteiger partial charge is 0.336 e. The van der Waals surface area contributed by atoms with Gasteiger partial charge in [0.25, 0.3) is 0 Å². The van der Waals surface area contributed by atoms with Gasteiger partial charge in [-0.05, 0) is 17.7 Å². The number of hydrogen-bond acceptors (Lipinski definition) is 3. The molecule has 82 valence electrons. The molecule has 16 heavy (non-hydrogen) atoms. The van der Waals surface area contributed by atoms with Gasteiger partial charge in [0.2, 0.25) is 0 Å². The quantitative estimate of drug-likeness (QED) is 0.727. The Morgan fingerprint density at radius 2 is 2.25 bits per heavy atom. The van der Waals surface area contributed by atoms with Crippen molar-refractivity contribution in [2.45, 2.75) is 6.42 Å². The van der Waals surface area contributed by atoms with Gasteiger partial charge < -0.3 is 9.47 Å². The van der Waals surface area contributed by atoms with Gasteiger partial charge in [-0.1, -0.05) is 18.7 Å². The van der Waals surface area contributed by atoms with Crippen LogP contribution in [-0.4, -0.2) is 13.1 Å². The molecule has 1 aromatic rings. The fourth-order valence-electron chi connectivity index (χ4n) is 1.59. The van der Waals surface area contributed by atoms with E-state index < -0.39 is 0 Å². The molecule has 0 radical (unpaired) electrons. The highest BCUT2D eigenvalue weighted by molar-refractivity contribution is 5.88. The zero-order valence-corrected chi connectivity index (χ0v) is 9.03. The van der Waals surface area contributed by atoms with Crippen LogP contribution < -0.4 is 4.74 Å². The number of carbonyl (C=O) groups is 1. The maximum absolute atomic E-state index is 11.0. The number of methoxy groups -OCH3 is 1. The van der Waals surface area contributed by atoms with Crippen molar-refractivity contribution < 1.29 is 14.3 Å². The van der Waals surface area contributed by atoms with Gasteiger partial charge in [0.15, 0.2) is 0 Å². The Bertz CT molecular complexity index is 472. The van der Waals surface area contributed by atoms with E-state index in [9.17, 15) is 4.79 Å². The lowest BCUT2D eigenvalue weighted by molar-refractivity contribution is -0.132. The van der Waals surface area contributed by atoms with E-state index >= 15 is 0 Å². The molecule has 2 rings (SSSR count). The van der Waals surface area contributed by atoms with Crippen LogP contribution in [-0.2, 0) is 16.0 Å². The second kappa shape index (κ2) is 4.23. The predicted molar refractivity (Wildman–Crippen MR) is 60.0 cm³/mol. The highest BCUT2D eigenvalue weighted by Gasteiger charge is 2.18. The first-order valence-electron chi connectivity index (χ1n) is 4.93. The molecule has 0 amide bonds. The van der Waals surface area contributed by atoms with Gasteiger partial charge in [0, 0.05) is 18.1 Å². The third-order valence-electron chi connectivity index (χ3n) is 2.40. The van der Waals surface area contributed by atoms with E-state index in [2.05, 4.69) is 6.58 Å². The topological polar surface area (TPSA) is 35.5 Å². The molecular weight excluding hydrogens is 204 g/mol. The van der Waals surface area contributed by atoms with Crippen LogP contribution in [0.15, 0.2) is 48.3 Å². The summed E-state index contributed by atoms with van der Waals surface area (Å²) in [4.78, 5) is 11.0. The minimum absolute atomic E-state index is 0.345. The summed E-state index contributed by atoms with van der Waals surface area (Å²) in [5, 5.41) is 0. The summed E-state index contributed by atoms with van der Waals surface area (Å²) in [6, 6.07) is 7.69. The Morgan fingerprint density at radius 1 is 1.44 bits per heavy atom. The van der Waals surface area contributed by atoms with Crippen molar-refractivity contribution in [3.05, 3.63) is 53.8 Å². The van der Waals surface area contributed by atoms with E-state index in [0.29, 0.717) is 12.2 Å². The van der Waals surface area contributed by atoms with Gasteiger partial charge in [-0.3, -0.25) is 0 Å². The number of cyclic esters (lactones) is 1. The van der Waals surface area contributed by atoms with Crippen LogP contribution in [0.2, 0.25) is 0 Å². The van der Waals surface area contributed by atoms with Gasteiger partial charge in [0.1, 0.15) is 11.5 Å². The molecule has 0 aliphatic carbocycles. The van der Waals surface area contributed by atoms with Crippen molar-refractivity contribution in [1.82, 2.24) is 0 Å². The molecule has 0 bridgehead atoms. The van der Waals surface area contributed by atoms with Gasteiger partial charge in [0.05, 0.1) is 7.11 Å². The lowest BCUT2D eigenvalue weighted by atomic mass is 10.0. The minimum atomic E-state index is -0.345. The first-order valence-corrected chi connectivity index (χ1v) is 4.93. The molecule has 1 aliphatic heterocycles. The van der Waals surface area contributed by atoms with Crippen molar-refractivity contribution in [1.29, 1.82) is 0 Å². The Kier molecular flexibility index (Phi) is 2.77. The number of hydrogen-bond donors (Lipinski definition) is 0. The predicted octanol–water partition coefficient (Wildman–Crippen LogP) is 2.23. The lowest BCUT2D eigenvalue weighted by Crippen LogP contribution is -1.92. The molecule has 1 aliphatic rings. The summed E-state index contributed by atoms with van der Waals surface area (Å²) in [5.41, 5.74) is 1.88. The number of carbonyl (C=O) groups excluding carboxylic acids is 1. The van der Waals surface area contributed by atoms with Crippen molar-refractivity contribution in [2.24, 2.45) is 0 Å². The van der Waals surface area contributed by atoms with Crippen molar-refractivity contribution in [3.8, 4) is 5.75 Å². The van der Waals surface area contributed by atoms with E-state index in [1.54, 1.807) is 7.11 Å². The monoisotopic (exact) mass is 216 g/mol. The molecular formula is C13H12O3. The molecule has 0 atom stereocenters. The first-order chi connectivity index (χ1) is 7.69. The summed E-state index contributed by atoms with van der Waals surface area (Å²) in [5.74, 6) is 0.893. The largest absolute Gasteiger partial charge is 0.497 e. The first kappa shape index (κ1) is 10.5. The fourth-order valence-corrected chi connectivity index (χ4v) is 1.59. The molecule has 0 unspecified atom stereocenters. The average molecular weight is 216 g/mol. The zero-order chi connectivity index (χ0) is 11.5. The van der Waals surface area contributed by atoms with Gasteiger partial charge in [-0.25, -0.2) is 4.79 Å². The molecule has 0 saturated carbocycles. The highest BCUT2D eigenvalue weighted by Crippen LogP contribution is 2.23. The van der Waals surface area contributed by atoms with Crippen LogP contribution in [0.25, 0.3) is 0 Å². The number of rotatable bonds is 3. The second-order valence-corrected chi connectivity index (χ2v) is 3.54. The van der Waals surface area contributed by atoms with Crippen molar-refractivity contribution >= 4 is 5.97 Å². The van der Waals surface area contributed by atoms with E-state index in [1.807, 2.05) is 24.3 Å². The van der Waals surface area contributed by atoms with Crippen LogP contribution in [0.4, 0.5) is 0 Å². The molecule has 0 spiro atoms. The van der Waals surface area contributed by atoms with Crippen LogP contribution in [0.3, 0.4) is 0 Å². The van der Waals surface area contributed by atoms with E-state index in [1.165, 1.54) is 6.08 Å². The molecule has 0 saturated heterocycles. The van der Waals surface area contributed by atoms with E-state index in [4.69, 9.17) is 9.47 Å². The molecule has 1 heterocycles. The summed E-state index contributed by atoms with van der Waals surface area (Å²) >= 11 is 0.